The van der Waals surface area contributed by atoms with Crippen molar-refractivity contribution in [1.82, 2.24) is 5.32 Å². The lowest BCUT2D eigenvalue weighted by Gasteiger charge is -2.20. The fourth-order valence-corrected chi connectivity index (χ4v) is 2.54. The average Bonchev–Trinajstić information content (AvgIpc) is 2.42. The molecule has 0 aromatic rings. The normalized spacial score (nSPS) is 16.5. The summed E-state index contributed by atoms with van der Waals surface area (Å²) in [5.74, 6) is 0.856. The van der Waals surface area contributed by atoms with Gasteiger partial charge in [0, 0.05) is 25.3 Å². The molecule has 1 fully saturated rings. The van der Waals surface area contributed by atoms with E-state index in [4.69, 9.17) is 0 Å². The predicted molar refractivity (Wildman–Crippen MR) is 73.4 cm³/mol. The van der Waals surface area contributed by atoms with E-state index in [2.05, 4.69) is 12.2 Å². The van der Waals surface area contributed by atoms with Gasteiger partial charge in [0.2, 0.25) is 5.91 Å². The second kappa shape index (κ2) is 9.12. The molecule has 1 saturated carbocycles. The number of ketones is 1. The molecule has 0 atom stereocenters. The second-order valence-corrected chi connectivity index (χ2v) is 5.36. The van der Waals surface area contributed by atoms with E-state index >= 15 is 0 Å². The number of nitrogens with one attached hydrogen (secondary N) is 1. The van der Waals surface area contributed by atoms with E-state index in [1.807, 2.05) is 0 Å². The molecule has 3 nitrogen and oxygen atoms in total. The molecule has 1 amide bonds. The molecule has 0 spiro atoms. The van der Waals surface area contributed by atoms with Crippen molar-refractivity contribution in [3.05, 3.63) is 0 Å². The molecule has 104 valence electrons. The molecular weight excluding hydrogens is 226 g/mol. The van der Waals surface area contributed by atoms with Gasteiger partial charge in [-0.3, -0.25) is 9.59 Å². The molecule has 0 aromatic carbocycles. The van der Waals surface area contributed by atoms with E-state index < -0.39 is 0 Å². The number of unbranched alkanes of at least 4 members (excludes halogenated alkanes) is 1. The number of hydrogen-bond acceptors (Lipinski definition) is 2. The molecule has 0 unspecified atom stereocenters. The summed E-state index contributed by atoms with van der Waals surface area (Å²) in [4.78, 5) is 23.3. The average molecular weight is 253 g/mol. The summed E-state index contributed by atoms with van der Waals surface area (Å²) in [5, 5.41) is 2.88. The lowest BCUT2D eigenvalue weighted by Crippen LogP contribution is -2.25. The molecule has 1 rings (SSSR count). The monoisotopic (exact) mass is 253 g/mol. The quantitative estimate of drug-likeness (QED) is 0.675. The topological polar surface area (TPSA) is 46.2 Å². The third-order valence-corrected chi connectivity index (χ3v) is 3.74. The molecule has 0 aromatic heterocycles. The van der Waals surface area contributed by atoms with Crippen LogP contribution in [0.1, 0.15) is 71.1 Å². The highest BCUT2D eigenvalue weighted by Crippen LogP contribution is 2.25. The Balaban J connectivity index is 2.02. The maximum atomic E-state index is 11.9. The Labute approximate surface area is 111 Å². The second-order valence-electron chi connectivity index (χ2n) is 5.36. The zero-order valence-electron chi connectivity index (χ0n) is 11.7. The number of Topliss-reactive ketones (excluding diaryl/α,β-unsaturated/α-hetero) is 1. The van der Waals surface area contributed by atoms with E-state index in [0.717, 1.165) is 32.1 Å². The first-order valence-electron chi connectivity index (χ1n) is 7.53. The molecule has 1 N–H and O–H groups in total. The van der Waals surface area contributed by atoms with E-state index in [0.29, 0.717) is 31.1 Å². The summed E-state index contributed by atoms with van der Waals surface area (Å²) >= 11 is 0. The van der Waals surface area contributed by atoms with Crippen molar-refractivity contribution in [1.29, 1.82) is 0 Å². The van der Waals surface area contributed by atoms with Crippen LogP contribution in [0.25, 0.3) is 0 Å². The number of amides is 1. The van der Waals surface area contributed by atoms with E-state index in [1.165, 1.54) is 19.3 Å². The van der Waals surface area contributed by atoms with Crippen molar-refractivity contribution in [2.75, 3.05) is 6.54 Å². The molecule has 1 aliphatic rings. The highest BCUT2D eigenvalue weighted by atomic mass is 16.1. The Morgan fingerprint density at radius 3 is 2.44 bits per heavy atom. The number of carbonyl (C=O) groups is 2. The van der Waals surface area contributed by atoms with E-state index in [1.54, 1.807) is 0 Å². The highest BCUT2D eigenvalue weighted by Gasteiger charge is 2.20. The largest absolute Gasteiger partial charge is 0.356 e. The molecule has 1 aliphatic carbocycles. The molecule has 0 heterocycles. The minimum absolute atomic E-state index is 0.127. The lowest BCUT2D eigenvalue weighted by atomic mass is 9.85. The number of rotatable bonds is 8. The molecule has 18 heavy (non-hydrogen) atoms. The van der Waals surface area contributed by atoms with Crippen molar-refractivity contribution in [2.45, 2.75) is 71.1 Å². The lowest BCUT2D eigenvalue weighted by molar-refractivity contribution is -0.124. The van der Waals surface area contributed by atoms with E-state index in [9.17, 15) is 9.59 Å². The third kappa shape index (κ3) is 6.18. The summed E-state index contributed by atoms with van der Waals surface area (Å²) in [6.45, 7) is 2.73. The Kier molecular flexibility index (Phi) is 7.70. The van der Waals surface area contributed by atoms with Crippen LogP contribution in [0.2, 0.25) is 0 Å². The van der Waals surface area contributed by atoms with Crippen molar-refractivity contribution in [3.8, 4) is 0 Å². The summed E-state index contributed by atoms with van der Waals surface area (Å²) in [7, 11) is 0. The van der Waals surface area contributed by atoms with Crippen LogP contribution in [0.15, 0.2) is 0 Å². The van der Waals surface area contributed by atoms with Crippen molar-refractivity contribution >= 4 is 11.7 Å². The highest BCUT2D eigenvalue weighted by molar-refractivity contribution is 5.81. The minimum atomic E-state index is 0.127. The van der Waals surface area contributed by atoms with Crippen LogP contribution in [0.3, 0.4) is 0 Å². The first-order valence-corrected chi connectivity index (χ1v) is 7.53. The molecule has 0 saturated heterocycles. The minimum Gasteiger partial charge on any atom is -0.356 e. The van der Waals surface area contributed by atoms with Gasteiger partial charge < -0.3 is 5.32 Å². The summed E-state index contributed by atoms with van der Waals surface area (Å²) in [5.41, 5.74) is 0. The SMILES string of the molecule is CCCCC(=O)NCCCC(=O)C1CCCCC1. The van der Waals surface area contributed by atoms with Crippen LogP contribution in [-0.2, 0) is 9.59 Å². The van der Waals surface area contributed by atoms with Crippen LogP contribution in [-0.4, -0.2) is 18.2 Å². The first-order chi connectivity index (χ1) is 8.74. The Morgan fingerprint density at radius 1 is 1.06 bits per heavy atom. The summed E-state index contributed by atoms with van der Waals surface area (Å²) in [6.07, 6.45) is 9.94. The third-order valence-electron chi connectivity index (χ3n) is 3.74. The smallest absolute Gasteiger partial charge is 0.219 e. The van der Waals surface area contributed by atoms with Gasteiger partial charge in [-0.25, -0.2) is 0 Å². The zero-order chi connectivity index (χ0) is 13.2. The maximum Gasteiger partial charge on any atom is 0.219 e. The molecule has 0 bridgehead atoms. The molecule has 0 aliphatic heterocycles. The summed E-state index contributed by atoms with van der Waals surface area (Å²) < 4.78 is 0. The van der Waals surface area contributed by atoms with Crippen molar-refractivity contribution in [3.63, 3.8) is 0 Å². The fraction of sp³-hybridized carbons (Fsp3) is 0.867. The van der Waals surface area contributed by atoms with E-state index in [-0.39, 0.29) is 5.91 Å². The van der Waals surface area contributed by atoms with Gasteiger partial charge in [0.05, 0.1) is 0 Å². The van der Waals surface area contributed by atoms with Gasteiger partial charge in [-0.05, 0) is 25.7 Å². The summed E-state index contributed by atoms with van der Waals surface area (Å²) in [6, 6.07) is 0. The molecular formula is C15H27NO2. The standard InChI is InChI=1S/C15H27NO2/c1-2-3-11-15(18)16-12-7-10-14(17)13-8-5-4-6-9-13/h13H,2-12H2,1H3,(H,16,18). The van der Waals surface area contributed by atoms with Gasteiger partial charge in [-0.1, -0.05) is 32.6 Å². The Hall–Kier alpha value is -0.860. The maximum absolute atomic E-state index is 11.9. The number of hydrogen-bond donors (Lipinski definition) is 1. The van der Waals surface area contributed by atoms with Crippen LogP contribution in [0, 0.1) is 5.92 Å². The predicted octanol–water partition coefficient (Wildman–Crippen LogP) is 3.22. The van der Waals surface area contributed by atoms with Crippen molar-refractivity contribution < 1.29 is 9.59 Å². The first kappa shape index (κ1) is 15.2. The van der Waals surface area contributed by atoms with Gasteiger partial charge in [0.15, 0.2) is 0 Å². The van der Waals surface area contributed by atoms with Gasteiger partial charge in [0.25, 0.3) is 0 Å². The molecule has 3 heteroatoms. The van der Waals surface area contributed by atoms with Crippen molar-refractivity contribution in [2.24, 2.45) is 5.92 Å². The van der Waals surface area contributed by atoms with Gasteiger partial charge in [-0.15, -0.1) is 0 Å². The van der Waals surface area contributed by atoms with Crippen LogP contribution in [0.4, 0.5) is 0 Å². The van der Waals surface area contributed by atoms with Crippen LogP contribution < -0.4 is 5.32 Å². The Bertz CT molecular complexity index is 257. The van der Waals surface area contributed by atoms with Gasteiger partial charge in [-0.2, -0.15) is 0 Å². The zero-order valence-corrected chi connectivity index (χ0v) is 11.7. The molecule has 0 radical (unpaired) electrons. The van der Waals surface area contributed by atoms with Gasteiger partial charge in [0.1, 0.15) is 5.78 Å². The van der Waals surface area contributed by atoms with Crippen LogP contribution >= 0.6 is 0 Å². The fourth-order valence-electron chi connectivity index (χ4n) is 2.54. The Morgan fingerprint density at radius 2 is 1.78 bits per heavy atom. The number of carbonyl (C=O) groups excluding carboxylic acids is 2. The van der Waals surface area contributed by atoms with Crippen LogP contribution in [0.5, 0.6) is 0 Å². The van der Waals surface area contributed by atoms with Gasteiger partial charge >= 0.3 is 0 Å².